The quantitative estimate of drug-likeness (QED) is 0.297. The molecule has 8 heteroatoms. The van der Waals surface area contributed by atoms with Crippen LogP contribution < -0.4 is 4.52 Å². The molecule has 0 amide bonds. The Hall–Kier alpha value is -0.880. The molecule has 1 aromatic rings. The van der Waals surface area contributed by atoms with Crippen LogP contribution in [-0.2, 0) is 16.3 Å². The van der Waals surface area contributed by atoms with Gasteiger partial charge in [-0.05, 0) is 63.0 Å². The van der Waals surface area contributed by atoms with Gasteiger partial charge in [0, 0.05) is 17.4 Å². The zero-order valence-electron chi connectivity index (χ0n) is 13.6. The second-order valence-electron chi connectivity index (χ2n) is 6.61. The summed E-state index contributed by atoms with van der Waals surface area (Å²) >= 11 is 7.33. The number of nitrogens with zero attached hydrogens (tertiary/aromatic N) is 1. The number of non-ortho nitro benzene ring substituents is 1. The minimum absolute atomic E-state index is 0.0315. The number of fused-ring (bicyclic) bond motifs is 1. The van der Waals surface area contributed by atoms with Gasteiger partial charge in [-0.2, -0.15) is 0 Å². The van der Waals surface area contributed by atoms with Crippen molar-refractivity contribution in [3.05, 3.63) is 46.5 Å². The summed E-state index contributed by atoms with van der Waals surface area (Å²) in [6.07, 6.45) is 3.03. The van der Waals surface area contributed by atoms with Crippen LogP contribution in [-0.4, -0.2) is 15.8 Å². The number of allylic oxidation sites excluding steroid dienone is 1. The number of hydrogen-bond donors (Lipinski definition) is 0. The van der Waals surface area contributed by atoms with E-state index in [4.69, 9.17) is 20.9 Å². The van der Waals surface area contributed by atoms with E-state index in [0.717, 1.165) is 19.3 Å². The summed E-state index contributed by atoms with van der Waals surface area (Å²) in [5.74, 6) is 1.04. The van der Waals surface area contributed by atoms with Gasteiger partial charge in [-0.15, -0.1) is 0 Å². The fourth-order valence-corrected chi connectivity index (χ4v) is 10.1. The number of nitro groups is 1. The van der Waals surface area contributed by atoms with Gasteiger partial charge in [0.2, 0.25) is 0 Å². The Balaban J connectivity index is 1.74. The van der Waals surface area contributed by atoms with Crippen molar-refractivity contribution < 1.29 is 14.0 Å². The second-order valence-corrected chi connectivity index (χ2v) is 12.9. The fourth-order valence-electron chi connectivity index (χ4n) is 3.18. The van der Waals surface area contributed by atoms with Gasteiger partial charge in [0.05, 0.1) is 10.5 Å². The zero-order valence-corrected chi connectivity index (χ0v) is 16.2. The summed E-state index contributed by atoms with van der Waals surface area (Å²) in [5, 5.41) is 11.0. The zero-order chi connectivity index (χ0) is 17.5. The monoisotopic (exact) mass is 385 g/mol. The van der Waals surface area contributed by atoms with E-state index < -0.39 is 10.6 Å². The molecule has 1 aliphatic carbocycles. The molecule has 24 heavy (non-hydrogen) atoms. The summed E-state index contributed by atoms with van der Waals surface area (Å²) in [5.41, 5.74) is -1.52. The lowest BCUT2D eigenvalue weighted by molar-refractivity contribution is -0.384. The standard InChI is InChI=1S/C16H20NO4PS2/c1-11(2)12-8-9-16(3)15(10-12)24-22(23,21-16)20-14-6-4-13(5-7-14)17(18)19/h4-7,12,15H,1,8-10H2,2-3H3/t12-,15-,16-,22?/m1/s1. The van der Waals surface area contributed by atoms with Crippen LogP contribution in [0.5, 0.6) is 5.75 Å². The van der Waals surface area contributed by atoms with Crippen LogP contribution in [0, 0.1) is 16.0 Å². The molecule has 5 nitrogen and oxygen atoms in total. The summed E-state index contributed by atoms with van der Waals surface area (Å²) < 4.78 is 12.2. The van der Waals surface area contributed by atoms with E-state index in [2.05, 4.69) is 20.4 Å². The average Bonchev–Trinajstić information content (AvgIpc) is 2.76. The van der Waals surface area contributed by atoms with Crippen LogP contribution in [0.3, 0.4) is 0 Å². The van der Waals surface area contributed by atoms with Crippen molar-refractivity contribution in [2.45, 2.75) is 44.0 Å². The average molecular weight is 385 g/mol. The summed E-state index contributed by atoms with van der Waals surface area (Å²) in [6.45, 7) is 8.29. The van der Waals surface area contributed by atoms with Crippen molar-refractivity contribution in [1.29, 1.82) is 0 Å². The molecule has 0 aromatic heterocycles. The number of nitro benzene ring substituents is 1. The Morgan fingerprint density at radius 1 is 1.54 bits per heavy atom. The lowest BCUT2D eigenvalue weighted by atomic mass is 9.77. The minimum Gasteiger partial charge on any atom is -0.436 e. The van der Waals surface area contributed by atoms with Crippen LogP contribution in [0.4, 0.5) is 5.69 Å². The van der Waals surface area contributed by atoms with Gasteiger partial charge in [-0.1, -0.05) is 23.5 Å². The van der Waals surface area contributed by atoms with E-state index in [0.29, 0.717) is 16.9 Å². The largest absolute Gasteiger partial charge is 0.436 e. The Morgan fingerprint density at radius 2 is 2.21 bits per heavy atom. The van der Waals surface area contributed by atoms with Crippen molar-refractivity contribution in [2.24, 2.45) is 5.92 Å². The Labute approximate surface area is 150 Å². The smallest absolute Gasteiger partial charge is 0.298 e. The molecule has 0 N–H and O–H groups in total. The molecule has 2 aliphatic rings. The maximum atomic E-state index is 10.7. The molecule has 1 unspecified atom stereocenters. The Morgan fingerprint density at radius 3 is 2.79 bits per heavy atom. The van der Waals surface area contributed by atoms with Crippen molar-refractivity contribution in [1.82, 2.24) is 0 Å². The molecule has 1 saturated carbocycles. The molecule has 0 radical (unpaired) electrons. The van der Waals surface area contributed by atoms with Gasteiger partial charge in [0.25, 0.3) is 11.4 Å². The number of rotatable bonds is 4. The van der Waals surface area contributed by atoms with E-state index in [1.807, 2.05) is 0 Å². The number of benzene rings is 1. The second kappa shape index (κ2) is 6.45. The first-order valence-electron chi connectivity index (χ1n) is 7.79. The van der Waals surface area contributed by atoms with Crippen LogP contribution >= 0.6 is 17.1 Å². The van der Waals surface area contributed by atoms with Crippen LogP contribution in [0.25, 0.3) is 0 Å². The summed E-state index contributed by atoms with van der Waals surface area (Å²) in [6, 6.07) is 6.00. The molecule has 1 saturated heterocycles. The predicted molar refractivity (Wildman–Crippen MR) is 101 cm³/mol. The van der Waals surface area contributed by atoms with Crippen molar-refractivity contribution in [3.8, 4) is 5.75 Å². The van der Waals surface area contributed by atoms with Gasteiger partial charge in [0.1, 0.15) is 5.75 Å². The lowest BCUT2D eigenvalue weighted by Crippen LogP contribution is -2.40. The molecule has 1 aromatic carbocycles. The molecular weight excluding hydrogens is 365 g/mol. The van der Waals surface area contributed by atoms with Crippen molar-refractivity contribution in [3.63, 3.8) is 0 Å². The van der Waals surface area contributed by atoms with Gasteiger partial charge in [-0.25, -0.2) is 0 Å². The molecular formula is C16H20NO4PS2. The van der Waals surface area contributed by atoms with Gasteiger partial charge < -0.3 is 9.05 Å². The molecule has 3 rings (SSSR count). The SMILES string of the molecule is C=C(C)[C@@H]1CC[C@@]2(C)OP(=S)(Oc3ccc([N+](=O)[O-])cc3)S[C@@H]2C1. The molecule has 4 atom stereocenters. The van der Waals surface area contributed by atoms with Gasteiger partial charge in [-0.3, -0.25) is 10.1 Å². The normalized spacial score (nSPS) is 35.2. The van der Waals surface area contributed by atoms with E-state index in [9.17, 15) is 10.1 Å². The highest BCUT2D eigenvalue weighted by Gasteiger charge is 2.53. The third-order valence-electron chi connectivity index (χ3n) is 4.71. The van der Waals surface area contributed by atoms with E-state index in [1.54, 1.807) is 23.5 Å². The molecule has 2 fully saturated rings. The Bertz CT molecular complexity index is 723. The third kappa shape index (κ3) is 3.54. The van der Waals surface area contributed by atoms with E-state index >= 15 is 0 Å². The maximum absolute atomic E-state index is 10.7. The van der Waals surface area contributed by atoms with Crippen molar-refractivity contribution >= 4 is 34.6 Å². The highest BCUT2D eigenvalue weighted by molar-refractivity contribution is 8.68. The molecule has 1 aliphatic heterocycles. The van der Waals surface area contributed by atoms with Gasteiger partial charge in [0.15, 0.2) is 0 Å². The van der Waals surface area contributed by atoms with E-state index in [-0.39, 0.29) is 11.3 Å². The number of hydrogen-bond acceptors (Lipinski definition) is 6. The molecule has 0 bridgehead atoms. The minimum atomic E-state index is -2.51. The molecule has 1 heterocycles. The maximum Gasteiger partial charge on any atom is 0.298 e. The van der Waals surface area contributed by atoms with Crippen LogP contribution in [0.15, 0.2) is 36.4 Å². The first-order chi connectivity index (χ1) is 11.2. The van der Waals surface area contributed by atoms with Gasteiger partial charge >= 0.3 is 0 Å². The summed E-state index contributed by atoms with van der Waals surface area (Å²) in [7, 11) is 0. The van der Waals surface area contributed by atoms with Crippen LogP contribution in [0.1, 0.15) is 33.1 Å². The van der Waals surface area contributed by atoms with Crippen molar-refractivity contribution in [2.75, 3.05) is 0 Å². The van der Waals surface area contributed by atoms with Crippen LogP contribution in [0.2, 0.25) is 0 Å². The summed E-state index contributed by atoms with van der Waals surface area (Å²) in [4.78, 5) is 10.3. The molecule has 0 spiro atoms. The fraction of sp³-hybridized carbons (Fsp3) is 0.500. The topological polar surface area (TPSA) is 61.6 Å². The lowest BCUT2D eigenvalue weighted by Gasteiger charge is -2.37. The Kier molecular flexibility index (Phi) is 4.82. The molecule has 130 valence electrons. The highest BCUT2D eigenvalue weighted by Crippen LogP contribution is 2.74. The first kappa shape index (κ1) is 17.9. The predicted octanol–water partition coefficient (Wildman–Crippen LogP) is 5.47. The first-order valence-corrected chi connectivity index (χ1v) is 11.9. The highest BCUT2D eigenvalue weighted by atomic mass is 32.9. The van der Waals surface area contributed by atoms with E-state index in [1.165, 1.54) is 17.7 Å². The third-order valence-corrected chi connectivity index (χ3v) is 10.2.